The summed E-state index contributed by atoms with van der Waals surface area (Å²) in [6, 6.07) is 0. The first-order valence-electron chi connectivity index (χ1n) is 4.96. The lowest BCUT2D eigenvalue weighted by molar-refractivity contribution is 0.0959. The Hall–Kier alpha value is -1.55. The van der Waals surface area contributed by atoms with Gasteiger partial charge < -0.3 is 0 Å². The minimum Gasteiger partial charge on any atom is -0.271 e. The summed E-state index contributed by atoms with van der Waals surface area (Å²) in [5.74, 6) is -0.141. The summed E-state index contributed by atoms with van der Waals surface area (Å²) in [5, 5.41) is 0.519. The van der Waals surface area contributed by atoms with Crippen LogP contribution >= 0.6 is 12.6 Å². The molecule has 84 valence electrons. The zero-order valence-electron chi connectivity index (χ0n) is 9.13. The molecule has 0 saturated heterocycles. The normalized spacial score (nSPS) is 12.0. The highest BCUT2D eigenvalue weighted by Crippen LogP contribution is 2.07. The van der Waals surface area contributed by atoms with Crippen LogP contribution in [0.15, 0.2) is 54.0 Å². The first kappa shape index (κ1) is 12.5. The molecule has 0 radical (unpaired) electrons. The van der Waals surface area contributed by atoms with Crippen molar-refractivity contribution in [3.05, 3.63) is 49.0 Å². The molecule has 0 atom stereocenters. The van der Waals surface area contributed by atoms with Gasteiger partial charge in [-0.3, -0.25) is 9.36 Å². The molecule has 0 saturated carbocycles. The lowest BCUT2D eigenvalue weighted by Crippen LogP contribution is -2.09. The number of imidazole rings is 1. The van der Waals surface area contributed by atoms with Crippen molar-refractivity contribution >= 4 is 18.5 Å². The Bertz CT molecular complexity index is 444. The number of thiol groups is 1. The van der Waals surface area contributed by atoms with Gasteiger partial charge in [-0.05, 0) is 6.42 Å². The van der Waals surface area contributed by atoms with Crippen LogP contribution in [0.4, 0.5) is 0 Å². The van der Waals surface area contributed by atoms with E-state index in [0.29, 0.717) is 10.6 Å². The monoisotopic (exact) mass is 234 g/mol. The Morgan fingerprint density at radius 1 is 1.69 bits per heavy atom. The molecule has 1 aromatic rings. The second kappa shape index (κ2) is 6.12. The molecule has 0 aliphatic carbocycles. The predicted octanol–water partition coefficient (Wildman–Crippen LogP) is 2.89. The maximum atomic E-state index is 12.0. The third-order valence-electron chi connectivity index (χ3n) is 1.88. The maximum absolute atomic E-state index is 12.0. The van der Waals surface area contributed by atoms with Gasteiger partial charge in [-0.1, -0.05) is 37.8 Å². The molecule has 0 amide bonds. The quantitative estimate of drug-likeness (QED) is 0.494. The van der Waals surface area contributed by atoms with Crippen molar-refractivity contribution in [1.82, 2.24) is 9.55 Å². The van der Waals surface area contributed by atoms with E-state index in [1.807, 2.05) is 13.0 Å². The second-order valence-electron chi connectivity index (χ2n) is 3.11. The number of hydrogen-bond donors (Lipinski definition) is 1. The Labute approximate surface area is 101 Å². The molecule has 0 N–H and O–H groups in total. The molecule has 4 heteroatoms. The molecule has 0 aromatic carbocycles. The highest BCUT2D eigenvalue weighted by Gasteiger charge is 2.08. The number of carbonyl (C=O) groups excluding carboxylic acids is 1. The van der Waals surface area contributed by atoms with E-state index in [1.54, 1.807) is 24.4 Å². The van der Waals surface area contributed by atoms with Gasteiger partial charge in [0.05, 0.1) is 0 Å². The van der Waals surface area contributed by atoms with Gasteiger partial charge in [0.15, 0.2) is 0 Å². The molecule has 16 heavy (non-hydrogen) atoms. The van der Waals surface area contributed by atoms with Crippen LogP contribution < -0.4 is 0 Å². The molecule has 0 aliphatic heterocycles. The first-order valence-corrected chi connectivity index (χ1v) is 5.40. The van der Waals surface area contributed by atoms with Crippen LogP contribution in [-0.4, -0.2) is 15.5 Å². The van der Waals surface area contributed by atoms with Crippen molar-refractivity contribution in [1.29, 1.82) is 0 Å². The average molecular weight is 234 g/mol. The molecular weight excluding hydrogens is 220 g/mol. The summed E-state index contributed by atoms with van der Waals surface area (Å²) in [6.45, 7) is 5.60. The summed E-state index contributed by atoms with van der Waals surface area (Å²) in [4.78, 5) is 15.9. The second-order valence-corrected chi connectivity index (χ2v) is 3.57. The zero-order chi connectivity index (χ0) is 12.0. The van der Waals surface area contributed by atoms with Crippen LogP contribution in [0.2, 0.25) is 0 Å². The molecule has 0 spiro atoms. The standard InChI is InChI=1S/C12H14N2OS/c1-3-5-7-10(6-4-2)12(15)14-8-11(16)13-9-14/h4-9,16H,2-3H2,1H3/b7-5-,10-6+. The minimum atomic E-state index is -0.141. The molecule has 1 aromatic heterocycles. The summed E-state index contributed by atoms with van der Waals surface area (Å²) < 4.78 is 1.40. The third kappa shape index (κ3) is 3.24. The molecule has 0 unspecified atom stereocenters. The van der Waals surface area contributed by atoms with Crippen molar-refractivity contribution in [3.63, 3.8) is 0 Å². The number of rotatable bonds is 4. The van der Waals surface area contributed by atoms with Crippen molar-refractivity contribution in [2.75, 3.05) is 0 Å². The summed E-state index contributed by atoms with van der Waals surface area (Å²) in [5.41, 5.74) is 0.572. The maximum Gasteiger partial charge on any atom is 0.263 e. The fourth-order valence-corrected chi connectivity index (χ4v) is 1.32. The van der Waals surface area contributed by atoms with Crippen LogP contribution in [0.25, 0.3) is 0 Å². The van der Waals surface area contributed by atoms with Crippen LogP contribution in [-0.2, 0) is 0 Å². The molecule has 0 bridgehead atoms. The highest BCUT2D eigenvalue weighted by atomic mass is 32.1. The van der Waals surface area contributed by atoms with E-state index in [0.717, 1.165) is 6.42 Å². The Balaban J connectivity index is 2.96. The molecule has 0 aliphatic rings. The minimum absolute atomic E-state index is 0.141. The van der Waals surface area contributed by atoms with Gasteiger partial charge in [0.1, 0.15) is 11.4 Å². The number of allylic oxidation sites excluding steroid dienone is 5. The molecule has 1 heterocycles. The van der Waals surface area contributed by atoms with E-state index in [1.165, 1.54) is 10.9 Å². The van der Waals surface area contributed by atoms with E-state index in [4.69, 9.17) is 0 Å². The van der Waals surface area contributed by atoms with E-state index in [9.17, 15) is 4.79 Å². The summed E-state index contributed by atoms with van der Waals surface area (Å²) >= 11 is 4.05. The van der Waals surface area contributed by atoms with Gasteiger partial charge in [0.25, 0.3) is 5.91 Å². The third-order valence-corrected chi connectivity index (χ3v) is 2.11. The average Bonchev–Trinajstić information content (AvgIpc) is 2.70. The topological polar surface area (TPSA) is 34.9 Å². The molecule has 1 rings (SSSR count). The Morgan fingerprint density at radius 3 is 2.94 bits per heavy atom. The summed E-state index contributed by atoms with van der Waals surface area (Å²) in [6.07, 6.45) is 10.9. The van der Waals surface area contributed by atoms with Crippen LogP contribution in [0, 0.1) is 0 Å². The van der Waals surface area contributed by atoms with E-state index < -0.39 is 0 Å². The summed E-state index contributed by atoms with van der Waals surface area (Å²) in [7, 11) is 0. The Kier molecular flexibility index (Phi) is 4.79. The van der Waals surface area contributed by atoms with E-state index in [-0.39, 0.29) is 5.91 Å². The van der Waals surface area contributed by atoms with Crippen LogP contribution in [0.5, 0.6) is 0 Å². The zero-order valence-corrected chi connectivity index (χ0v) is 10.0. The lowest BCUT2D eigenvalue weighted by Gasteiger charge is -2.00. The predicted molar refractivity (Wildman–Crippen MR) is 67.8 cm³/mol. The molecule has 0 fully saturated rings. The first-order chi connectivity index (χ1) is 7.69. The van der Waals surface area contributed by atoms with Crippen molar-refractivity contribution in [2.45, 2.75) is 18.4 Å². The van der Waals surface area contributed by atoms with Gasteiger partial charge in [0, 0.05) is 11.8 Å². The van der Waals surface area contributed by atoms with Gasteiger partial charge >= 0.3 is 0 Å². The smallest absolute Gasteiger partial charge is 0.263 e. The van der Waals surface area contributed by atoms with Crippen LogP contribution in [0.3, 0.4) is 0 Å². The number of nitrogens with zero attached hydrogens (tertiary/aromatic N) is 2. The molecule has 3 nitrogen and oxygen atoms in total. The SMILES string of the molecule is C=C/C=C(\C=C/CC)C(=O)n1cnc(S)c1. The van der Waals surface area contributed by atoms with Crippen molar-refractivity contribution < 1.29 is 4.79 Å². The van der Waals surface area contributed by atoms with Crippen molar-refractivity contribution in [2.24, 2.45) is 0 Å². The Morgan fingerprint density at radius 2 is 2.44 bits per heavy atom. The highest BCUT2D eigenvalue weighted by molar-refractivity contribution is 7.80. The van der Waals surface area contributed by atoms with Crippen molar-refractivity contribution in [3.8, 4) is 0 Å². The van der Waals surface area contributed by atoms with Gasteiger partial charge in [0.2, 0.25) is 0 Å². The number of hydrogen-bond acceptors (Lipinski definition) is 3. The van der Waals surface area contributed by atoms with E-state index >= 15 is 0 Å². The fraction of sp³-hybridized carbons (Fsp3) is 0.167. The van der Waals surface area contributed by atoms with Gasteiger partial charge in [-0.2, -0.15) is 0 Å². The number of carbonyl (C=O) groups is 1. The van der Waals surface area contributed by atoms with Crippen LogP contribution in [0.1, 0.15) is 18.1 Å². The van der Waals surface area contributed by atoms with E-state index in [2.05, 4.69) is 24.2 Å². The van der Waals surface area contributed by atoms with Gasteiger partial charge in [-0.25, -0.2) is 4.98 Å². The van der Waals surface area contributed by atoms with Gasteiger partial charge in [-0.15, -0.1) is 12.6 Å². The molecular formula is C12H14N2OS. The lowest BCUT2D eigenvalue weighted by atomic mass is 10.2. The largest absolute Gasteiger partial charge is 0.271 e. The number of aromatic nitrogens is 2. The fourth-order valence-electron chi connectivity index (χ4n) is 1.14.